The van der Waals surface area contributed by atoms with Gasteiger partial charge in [0.15, 0.2) is 0 Å². The molecule has 2 aliphatic heterocycles. The number of esters is 1. The van der Waals surface area contributed by atoms with E-state index in [1.807, 2.05) is 13.0 Å². The van der Waals surface area contributed by atoms with Gasteiger partial charge in [-0.15, -0.1) is 0 Å². The van der Waals surface area contributed by atoms with Crippen molar-refractivity contribution >= 4 is 5.97 Å². The normalized spacial score (nSPS) is 26.5. The SMILES string of the molecule is CCOC(=O)C1CN2CCCC2CN1Cc1ccccc1. The Morgan fingerprint density at radius 2 is 2.10 bits per heavy atom. The highest BCUT2D eigenvalue weighted by atomic mass is 16.5. The van der Waals surface area contributed by atoms with Gasteiger partial charge in [-0.1, -0.05) is 30.3 Å². The summed E-state index contributed by atoms with van der Waals surface area (Å²) in [5.74, 6) is -0.0706. The Labute approximate surface area is 126 Å². The van der Waals surface area contributed by atoms with Crippen LogP contribution in [0.5, 0.6) is 0 Å². The summed E-state index contributed by atoms with van der Waals surface area (Å²) in [5, 5.41) is 0. The zero-order valence-electron chi connectivity index (χ0n) is 12.7. The molecular weight excluding hydrogens is 264 g/mol. The molecule has 0 saturated carbocycles. The van der Waals surface area contributed by atoms with Crippen molar-refractivity contribution in [2.45, 2.75) is 38.4 Å². The first kappa shape index (κ1) is 14.5. The van der Waals surface area contributed by atoms with E-state index < -0.39 is 0 Å². The van der Waals surface area contributed by atoms with E-state index in [0.29, 0.717) is 12.6 Å². The quantitative estimate of drug-likeness (QED) is 0.792. The third-order valence-electron chi connectivity index (χ3n) is 4.58. The number of nitrogens with zero attached hydrogens (tertiary/aromatic N) is 2. The number of piperazine rings is 1. The molecule has 2 aliphatic rings. The van der Waals surface area contributed by atoms with E-state index in [2.05, 4.69) is 34.1 Å². The second-order valence-electron chi connectivity index (χ2n) is 5.97. The molecule has 2 unspecified atom stereocenters. The third-order valence-corrected chi connectivity index (χ3v) is 4.58. The monoisotopic (exact) mass is 288 g/mol. The van der Waals surface area contributed by atoms with Gasteiger partial charge in [-0.05, 0) is 31.9 Å². The van der Waals surface area contributed by atoms with E-state index in [9.17, 15) is 4.79 Å². The highest BCUT2D eigenvalue weighted by Crippen LogP contribution is 2.26. The Hall–Kier alpha value is -1.39. The molecule has 21 heavy (non-hydrogen) atoms. The first-order chi connectivity index (χ1) is 10.3. The number of hydrogen-bond donors (Lipinski definition) is 0. The van der Waals surface area contributed by atoms with Crippen molar-refractivity contribution in [1.82, 2.24) is 9.80 Å². The number of carbonyl (C=O) groups excluding carboxylic acids is 1. The first-order valence-corrected chi connectivity index (χ1v) is 7.96. The molecule has 2 atom stereocenters. The van der Waals surface area contributed by atoms with Gasteiger partial charge in [-0.2, -0.15) is 0 Å². The summed E-state index contributed by atoms with van der Waals surface area (Å²) in [6.07, 6.45) is 2.50. The van der Waals surface area contributed by atoms with Gasteiger partial charge in [-0.25, -0.2) is 0 Å². The van der Waals surface area contributed by atoms with Gasteiger partial charge in [0.05, 0.1) is 6.61 Å². The van der Waals surface area contributed by atoms with E-state index in [-0.39, 0.29) is 12.0 Å². The van der Waals surface area contributed by atoms with Gasteiger partial charge in [-0.3, -0.25) is 14.6 Å². The summed E-state index contributed by atoms with van der Waals surface area (Å²) in [4.78, 5) is 17.1. The Morgan fingerprint density at radius 3 is 2.86 bits per heavy atom. The molecule has 1 aromatic carbocycles. The molecule has 0 aromatic heterocycles. The summed E-state index contributed by atoms with van der Waals surface area (Å²) >= 11 is 0. The average Bonchev–Trinajstić information content (AvgIpc) is 2.95. The molecule has 3 rings (SSSR count). The maximum Gasteiger partial charge on any atom is 0.324 e. The van der Waals surface area contributed by atoms with E-state index in [4.69, 9.17) is 4.74 Å². The molecule has 0 radical (unpaired) electrons. The molecule has 2 fully saturated rings. The van der Waals surface area contributed by atoms with E-state index in [0.717, 1.165) is 26.2 Å². The third kappa shape index (κ3) is 3.27. The van der Waals surface area contributed by atoms with Gasteiger partial charge in [0.1, 0.15) is 6.04 Å². The van der Waals surface area contributed by atoms with Crippen LogP contribution in [0, 0.1) is 0 Å². The van der Waals surface area contributed by atoms with Gasteiger partial charge < -0.3 is 4.74 Å². The summed E-state index contributed by atoms with van der Waals surface area (Å²) in [6, 6.07) is 10.9. The molecule has 114 valence electrons. The van der Waals surface area contributed by atoms with Crippen molar-refractivity contribution in [2.75, 3.05) is 26.2 Å². The predicted molar refractivity (Wildman–Crippen MR) is 81.9 cm³/mol. The van der Waals surface area contributed by atoms with Crippen molar-refractivity contribution in [3.8, 4) is 0 Å². The molecule has 1 aromatic rings. The lowest BCUT2D eigenvalue weighted by atomic mass is 10.1. The second kappa shape index (κ2) is 6.58. The number of carbonyl (C=O) groups is 1. The molecular formula is C17H24N2O2. The molecule has 0 aliphatic carbocycles. The minimum atomic E-state index is -0.125. The zero-order chi connectivity index (χ0) is 14.7. The molecule has 0 N–H and O–H groups in total. The van der Waals surface area contributed by atoms with Crippen LogP contribution in [-0.4, -0.2) is 54.1 Å². The maximum absolute atomic E-state index is 12.3. The molecule has 4 nitrogen and oxygen atoms in total. The Balaban J connectivity index is 1.74. The van der Waals surface area contributed by atoms with Crippen molar-refractivity contribution < 1.29 is 9.53 Å². The summed E-state index contributed by atoms with van der Waals surface area (Å²) < 4.78 is 5.29. The molecule has 0 amide bonds. The highest BCUT2D eigenvalue weighted by Gasteiger charge is 2.40. The van der Waals surface area contributed by atoms with Crippen LogP contribution in [0.25, 0.3) is 0 Å². The van der Waals surface area contributed by atoms with Crippen LogP contribution in [-0.2, 0) is 16.1 Å². The van der Waals surface area contributed by atoms with E-state index in [1.165, 1.54) is 18.4 Å². The van der Waals surface area contributed by atoms with Crippen LogP contribution in [0.1, 0.15) is 25.3 Å². The van der Waals surface area contributed by atoms with Gasteiger partial charge in [0, 0.05) is 25.7 Å². The average molecular weight is 288 g/mol. The summed E-state index contributed by atoms with van der Waals surface area (Å²) in [6.45, 7) is 6.07. The van der Waals surface area contributed by atoms with Gasteiger partial charge in [0.25, 0.3) is 0 Å². The standard InChI is InChI=1S/C17H24N2O2/c1-2-21-17(20)16-13-18-10-6-9-15(18)12-19(16)11-14-7-4-3-5-8-14/h3-5,7-8,15-16H,2,6,9-13H2,1H3. The van der Waals surface area contributed by atoms with Gasteiger partial charge >= 0.3 is 5.97 Å². The Bertz CT molecular complexity index is 477. The molecule has 0 bridgehead atoms. The minimum Gasteiger partial charge on any atom is -0.465 e. The van der Waals surface area contributed by atoms with Gasteiger partial charge in [0.2, 0.25) is 0 Å². The molecule has 4 heteroatoms. The fourth-order valence-corrected chi connectivity index (χ4v) is 3.53. The summed E-state index contributed by atoms with van der Waals surface area (Å²) in [5.41, 5.74) is 1.26. The van der Waals surface area contributed by atoms with Crippen LogP contribution in [0.15, 0.2) is 30.3 Å². The van der Waals surface area contributed by atoms with E-state index >= 15 is 0 Å². The fraction of sp³-hybridized carbons (Fsp3) is 0.588. The lowest BCUT2D eigenvalue weighted by molar-refractivity contribution is -0.153. The van der Waals surface area contributed by atoms with Crippen LogP contribution in [0.4, 0.5) is 0 Å². The molecule has 0 spiro atoms. The first-order valence-electron chi connectivity index (χ1n) is 7.96. The van der Waals surface area contributed by atoms with Crippen LogP contribution in [0.3, 0.4) is 0 Å². The lowest BCUT2D eigenvalue weighted by Gasteiger charge is -2.42. The predicted octanol–water partition coefficient (Wildman–Crippen LogP) is 1.90. The zero-order valence-corrected chi connectivity index (χ0v) is 12.7. The van der Waals surface area contributed by atoms with Crippen molar-refractivity contribution in [2.24, 2.45) is 0 Å². The number of hydrogen-bond acceptors (Lipinski definition) is 4. The topological polar surface area (TPSA) is 32.8 Å². The minimum absolute atomic E-state index is 0.0706. The van der Waals surface area contributed by atoms with Crippen molar-refractivity contribution in [3.05, 3.63) is 35.9 Å². The lowest BCUT2D eigenvalue weighted by Crippen LogP contribution is -2.58. The number of rotatable bonds is 4. The Kier molecular flexibility index (Phi) is 4.56. The maximum atomic E-state index is 12.3. The smallest absolute Gasteiger partial charge is 0.324 e. The fourth-order valence-electron chi connectivity index (χ4n) is 3.53. The molecule has 2 heterocycles. The van der Waals surface area contributed by atoms with Crippen LogP contribution >= 0.6 is 0 Å². The number of benzene rings is 1. The van der Waals surface area contributed by atoms with E-state index in [1.54, 1.807) is 0 Å². The second-order valence-corrected chi connectivity index (χ2v) is 5.97. The highest BCUT2D eigenvalue weighted by molar-refractivity contribution is 5.76. The number of fused-ring (bicyclic) bond motifs is 1. The number of ether oxygens (including phenoxy) is 1. The summed E-state index contributed by atoms with van der Waals surface area (Å²) in [7, 11) is 0. The molecule has 2 saturated heterocycles. The largest absolute Gasteiger partial charge is 0.465 e. The van der Waals surface area contributed by atoms with Crippen LogP contribution < -0.4 is 0 Å². The Morgan fingerprint density at radius 1 is 1.29 bits per heavy atom. The van der Waals surface area contributed by atoms with Crippen molar-refractivity contribution in [3.63, 3.8) is 0 Å². The van der Waals surface area contributed by atoms with Crippen molar-refractivity contribution in [1.29, 1.82) is 0 Å². The van der Waals surface area contributed by atoms with Crippen LogP contribution in [0.2, 0.25) is 0 Å².